The standard InChI is InChI=1S/C11H20N4O2/c12-9-5-13-15(6-9)8-11(17)7-14-3-1-10(16)2-4-14/h5-6,10-11,16-17H,1-4,7-8,12H2. The third-order valence-corrected chi connectivity index (χ3v) is 3.08. The van der Waals surface area contributed by atoms with Gasteiger partial charge in [-0.3, -0.25) is 4.68 Å². The topological polar surface area (TPSA) is 87.5 Å². The zero-order valence-electron chi connectivity index (χ0n) is 9.87. The maximum Gasteiger partial charge on any atom is 0.0862 e. The minimum atomic E-state index is -0.454. The molecule has 6 heteroatoms. The second kappa shape index (κ2) is 5.48. The van der Waals surface area contributed by atoms with Crippen molar-refractivity contribution in [3.8, 4) is 0 Å². The maximum absolute atomic E-state index is 9.92. The molecule has 1 atom stereocenters. The van der Waals surface area contributed by atoms with Gasteiger partial charge in [-0.2, -0.15) is 5.10 Å². The van der Waals surface area contributed by atoms with Crippen molar-refractivity contribution in [2.75, 3.05) is 25.4 Å². The first-order valence-corrected chi connectivity index (χ1v) is 6.00. The van der Waals surface area contributed by atoms with Gasteiger partial charge in [-0.25, -0.2) is 0 Å². The van der Waals surface area contributed by atoms with E-state index in [0.29, 0.717) is 18.8 Å². The first kappa shape index (κ1) is 12.3. The highest BCUT2D eigenvalue weighted by Crippen LogP contribution is 2.10. The second-order valence-electron chi connectivity index (χ2n) is 4.68. The number of nitrogen functional groups attached to an aromatic ring is 1. The van der Waals surface area contributed by atoms with Gasteiger partial charge in [0.15, 0.2) is 0 Å². The second-order valence-corrected chi connectivity index (χ2v) is 4.68. The zero-order valence-corrected chi connectivity index (χ0v) is 9.87. The van der Waals surface area contributed by atoms with E-state index in [4.69, 9.17) is 5.73 Å². The van der Waals surface area contributed by atoms with Crippen LogP contribution in [-0.4, -0.2) is 56.7 Å². The number of nitrogens with two attached hydrogens (primary N) is 1. The van der Waals surface area contributed by atoms with Crippen LogP contribution in [0, 0.1) is 0 Å². The highest BCUT2D eigenvalue weighted by molar-refractivity contribution is 5.30. The minimum Gasteiger partial charge on any atom is -0.396 e. The van der Waals surface area contributed by atoms with Crippen LogP contribution < -0.4 is 5.73 Å². The summed E-state index contributed by atoms with van der Waals surface area (Å²) < 4.78 is 1.65. The van der Waals surface area contributed by atoms with Gasteiger partial charge in [0.1, 0.15) is 0 Å². The summed E-state index contributed by atoms with van der Waals surface area (Å²) in [5, 5.41) is 23.3. The SMILES string of the molecule is Nc1cnn(CC(O)CN2CCC(O)CC2)c1. The fraction of sp³-hybridized carbons (Fsp3) is 0.727. The molecule has 1 saturated heterocycles. The number of anilines is 1. The fourth-order valence-electron chi connectivity index (χ4n) is 2.15. The van der Waals surface area contributed by atoms with Crippen molar-refractivity contribution in [3.63, 3.8) is 0 Å². The molecule has 0 spiro atoms. The molecule has 0 amide bonds. The largest absolute Gasteiger partial charge is 0.396 e. The van der Waals surface area contributed by atoms with Crippen molar-refractivity contribution in [2.45, 2.75) is 31.6 Å². The summed E-state index contributed by atoms with van der Waals surface area (Å²) in [7, 11) is 0. The Balaban J connectivity index is 1.75. The normalized spacial score (nSPS) is 20.6. The Morgan fingerprint density at radius 3 is 2.71 bits per heavy atom. The zero-order chi connectivity index (χ0) is 12.3. The Morgan fingerprint density at radius 1 is 1.41 bits per heavy atom. The lowest BCUT2D eigenvalue weighted by Gasteiger charge is -2.30. The monoisotopic (exact) mass is 240 g/mol. The molecule has 0 aromatic carbocycles. The average molecular weight is 240 g/mol. The van der Waals surface area contributed by atoms with Crippen molar-refractivity contribution in [1.82, 2.24) is 14.7 Å². The van der Waals surface area contributed by atoms with Crippen molar-refractivity contribution in [1.29, 1.82) is 0 Å². The van der Waals surface area contributed by atoms with Crippen LogP contribution in [-0.2, 0) is 6.54 Å². The predicted octanol–water partition coefficient (Wildman–Crippen LogP) is -0.717. The number of rotatable bonds is 4. The molecule has 0 radical (unpaired) electrons. The van der Waals surface area contributed by atoms with E-state index in [9.17, 15) is 10.2 Å². The maximum atomic E-state index is 9.92. The Bertz CT molecular complexity index is 347. The number of aliphatic hydroxyl groups excluding tert-OH is 2. The van der Waals surface area contributed by atoms with Gasteiger partial charge < -0.3 is 20.8 Å². The molecule has 96 valence electrons. The highest BCUT2D eigenvalue weighted by Gasteiger charge is 2.19. The molecule has 2 rings (SSSR count). The molecule has 1 unspecified atom stereocenters. The summed E-state index contributed by atoms with van der Waals surface area (Å²) in [5.74, 6) is 0. The van der Waals surface area contributed by atoms with Crippen molar-refractivity contribution < 1.29 is 10.2 Å². The number of piperidine rings is 1. The fourth-order valence-corrected chi connectivity index (χ4v) is 2.15. The summed E-state index contributed by atoms with van der Waals surface area (Å²) in [6, 6.07) is 0. The van der Waals surface area contributed by atoms with Crippen LogP contribution in [0.3, 0.4) is 0 Å². The first-order valence-electron chi connectivity index (χ1n) is 6.00. The molecule has 1 aromatic rings. The van der Waals surface area contributed by atoms with Gasteiger partial charge in [0.25, 0.3) is 0 Å². The van der Waals surface area contributed by atoms with Crippen molar-refractivity contribution in [2.24, 2.45) is 0 Å². The molecule has 0 bridgehead atoms. The number of aromatic nitrogens is 2. The molecule has 2 heterocycles. The van der Waals surface area contributed by atoms with Crippen LogP contribution in [0.5, 0.6) is 0 Å². The number of β-amino-alcohol motifs (C(OH)–C–C–N with tert-alkyl or cyclic N) is 1. The molecule has 17 heavy (non-hydrogen) atoms. The van der Waals surface area contributed by atoms with E-state index in [0.717, 1.165) is 25.9 Å². The molecule has 1 aliphatic heterocycles. The van der Waals surface area contributed by atoms with Crippen LogP contribution in [0.15, 0.2) is 12.4 Å². The van der Waals surface area contributed by atoms with Gasteiger partial charge >= 0.3 is 0 Å². The van der Waals surface area contributed by atoms with Gasteiger partial charge in [-0.05, 0) is 12.8 Å². The smallest absolute Gasteiger partial charge is 0.0862 e. The summed E-state index contributed by atoms with van der Waals surface area (Å²) in [6.45, 7) is 2.77. The molecule has 0 saturated carbocycles. The van der Waals surface area contributed by atoms with Gasteiger partial charge in [0.05, 0.1) is 30.6 Å². The summed E-state index contributed by atoms with van der Waals surface area (Å²) in [4.78, 5) is 2.17. The molecule has 1 aliphatic rings. The predicted molar refractivity (Wildman–Crippen MR) is 64.3 cm³/mol. The molecule has 1 fully saturated rings. The molecule has 1 aromatic heterocycles. The van der Waals surface area contributed by atoms with Gasteiger partial charge in [0.2, 0.25) is 0 Å². The molecular formula is C11H20N4O2. The summed E-state index contributed by atoms with van der Waals surface area (Å²) in [5.41, 5.74) is 6.16. The minimum absolute atomic E-state index is 0.172. The van der Waals surface area contributed by atoms with Crippen molar-refractivity contribution >= 4 is 5.69 Å². The van der Waals surface area contributed by atoms with Crippen LogP contribution in [0.25, 0.3) is 0 Å². The van der Waals surface area contributed by atoms with E-state index in [1.807, 2.05) is 0 Å². The first-order chi connectivity index (χ1) is 8.13. The third kappa shape index (κ3) is 3.69. The van der Waals surface area contributed by atoms with Gasteiger partial charge in [-0.15, -0.1) is 0 Å². The lowest BCUT2D eigenvalue weighted by Crippen LogP contribution is -2.41. The van der Waals surface area contributed by atoms with Crippen LogP contribution in [0.1, 0.15) is 12.8 Å². The molecular weight excluding hydrogens is 220 g/mol. The number of nitrogens with zero attached hydrogens (tertiary/aromatic N) is 3. The Kier molecular flexibility index (Phi) is 3.98. The van der Waals surface area contributed by atoms with E-state index in [1.54, 1.807) is 17.1 Å². The Morgan fingerprint density at radius 2 is 2.12 bits per heavy atom. The Labute approximate surface area is 101 Å². The van der Waals surface area contributed by atoms with E-state index < -0.39 is 6.10 Å². The highest BCUT2D eigenvalue weighted by atomic mass is 16.3. The number of likely N-dealkylation sites (tertiary alicyclic amines) is 1. The third-order valence-electron chi connectivity index (χ3n) is 3.08. The quantitative estimate of drug-likeness (QED) is 0.646. The van der Waals surface area contributed by atoms with E-state index in [2.05, 4.69) is 10.00 Å². The van der Waals surface area contributed by atoms with Crippen LogP contribution in [0.2, 0.25) is 0 Å². The number of hydrogen-bond donors (Lipinski definition) is 3. The van der Waals surface area contributed by atoms with E-state index in [1.165, 1.54) is 0 Å². The van der Waals surface area contributed by atoms with E-state index >= 15 is 0 Å². The number of hydrogen-bond acceptors (Lipinski definition) is 5. The van der Waals surface area contributed by atoms with Gasteiger partial charge in [0, 0.05) is 25.8 Å². The lowest BCUT2D eigenvalue weighted by molar-refractivity contribution is 0.0447. The van der Waals surface area contributed by atoms with Crippen LogP contribution >= 0.6 is 0 Å². The molecule has 6 nitrogen and oxygen atoms in total. The van der Waals surface area contributed by atoms with Crippen molar-refractivity contribution in [3.05, 3.63) is 12.4 Å². The van der Waals surface area contributed by atoms with Crippen LogP contribution in [0.4, 0.5) is 5.69 Å². The van der Waals surface area contributed by atoms with Gasteiger partial charge in [-0.1, -0.05) is 0 Å². The molecule has 0 aliphatic carbocycles. The molecule has 4 N–H and O–H groups in total. The lowest BCUT2D eigenvalue weighted by atomic mass is 10.1. The number of aliphatic hydroxyl groups is 2. The Hall–Kier alpha value is -1.11. The summed E-state index contributed by atoms with van der Waals surface area (Å²) in [6.07, 6.45) is 4.24. The average Bonchev–Trinajstić information content (AvgIpc) is 2.67. The summed E-state index contributed by atoms with van der Waals surface area (Å²) >= 11 is 0. The van der Waals surface area contributed by atoms with E-state index in [-0.39, 0.29) is 6.10 Å².